The topological polar surface area (TPSA) is 56.9 Å². The number of fused-ring (bicyclic) bond motifs is 20. The fraction of sp³-hybridized carbons (Fsp3) is 0. The van der Waals surface area contributed by atoms with E-state index in [1.54, 1.807) is 0 Å². The normalized spacial score (nSPS) is 11.7. The second-order valence-corrected chi connectivity index (χ2v) is 30.6. The monoisotopic (exact) mass is 1530 g/mol. The van der Waals surface area contributed by atoms with Gasteiger partial charge in [0.05, 0.1) is 49.4 Å². The van der Waals surface area contributed by atoms with Crippen LogP contribution in [0.15, 0.2) is 426 Å². The van der Waals surface area contributed by atoms with Gasteiger partial charge in [0, 0.05) is 80.9 Å². The maximum atomic E-state index is 6.73. The van der Waals surface area contributed by atoms with Crippen LogP contribution in [0.4, 0.5) is 0 Å². The molecule has 0 saturated carbocycles. The van der Waals surface area contributed by atoms with Gasteiger partial charge in [-0.1, -0.05) is 283 Å². The molecule has 6 aromatic heterocycles. The van der Waals surface area contributed by atoms with E-state index >= 15 is 0 Å². The van der Waals surface area contributed by atoms with Crippen molar-refractivity contribution >= 4 is 147 Å². The fourth-order valence-electron chi connectivity index (χ4n) is 17.6. The van der Waals surface area contributed by atoms with Crippen molar-refractivity contribution in [2.75, 3.05) is 0 Å². The second-order valence-electron chi connectivity index (χ2n) is 29.6. The molecule has 0 bridgehead atoms. The molecule has 24 rings (SSSR count). The Balaban J connectivity index is 0.000000123. The number of nitrogens with zero attached hydrogens (tertiary/aromatic N) is 3. The number of halogens is 1. The molecule has 7 heteroatoms. The molecule has 0 unspecified atom stereocenters. The zero-order valence-corrected chi connectivity index (χ0v) is 63.9. The lowest BCUT2D eigenvalue weighted by molar-refractivity contribution is 0.672. The van der Waals surface area contributed by atoms with Crippen LogP contribution in [-0.4, -0.2) is 18.7 Å². The van der Waals surface area contributed by atoms with Crippen LogP contribution in [0.25, 0.3) is 215 Å². The van der Waals surface area contributed by atoms with Gasteiger partial charge in [0.2, 0.25) is 0 Å². The molecule has 24 aromatic rings. The fourth-order valence-corrected chi connectivity index (χ4v) is 18.0. The molecule has 0 aliphatic heterocycles. The molecular formula is C108H69BrN4O2. The van der Waals surface area contributed by atoms with E-state index < -0.39 is 0 Å². The number of hydrogen-bond acceptors (Lipinski definition) is 2. The van der Waals surface area contributed by atoms with Crippen molar-refractivity contribution in [1.82, 2.24) is 18.7 Å². The molecule has 0 aliphatic carbocycles. The zero-order chi connectivity index (χ0) is 76.0. The molecule has 0 saturated heterocycles. The molecule has 0 aliphatic rings. The van der Waals surface area contributed by atoms with Crippen molar-refractivity contribution in [3.8, 4) is 83.8 Å². The standard InChI is InChI=1S/C54H34N2O.C42H26N2O.C12H9Br/c1-3-13-35(14-4-1)37-17-11-19-41(31-37)55-48-23-9-7-21-43(48)46-33-39(25-28-49(46)55)40-26-29-50-47(34-40)53-51(30-27-45-44-22-8-10-24-52(44)57-54(45)53)56(50)42-20-12-18-38(32-42)36-15-5-2-6-16-36;1-2-9-26(10-3-1)27-11-8-12-30(23-27)44-38-15-6-4-13-31(38)34-24-29(18-22-39(34)44)28-17-20-36-35(25-28)41-37(43-36)21-19-33-32-14-5-7-16-40(32)45-42(33)41;13-12-8-4-7-11(9-12)10-5-2-1-3-6-10/h1-34H;1-25,43H;1-9H. The molecule has 115 heavy (non-hydrogen) atoms. The van der Waals surface area contributed by atoms with E-state index in [9.17, 15) is 0 Å². The first-order chi connectivity index (χ1) is 56.9. The van der Waals surface area contributed by atoms with Crippen LogP contribution < -0.4 is 0 Å². The minimum Gasteiger partial charge on any atom is -0.455 e. The van der Waals surface area contributed by atoms with Crippen LogP contribution in [0.3, 0.4) is 0 Å². The number of aromatic nitrogens is 4. The van der Waals surface area contributed by atoms with E-state index in [0.29, 0.717) is 0 Å². The quantitative estimate of drug-likeness (QED) is 0.157. The summed E-state index contributed by atoms with van der Waals surface area (Å²) in [7, 11) is 0. The van der Waals surface area contributed by atoms with Gasteiger partial charge in [0.1, 0.15) is 22.3 Å². The van der Waals surface area contributed by atoms with Crippen molar-refractivity contribution in [2.24, 2.45) is 0 Å². The average Bonchev–Trinajstić information content (AvgIpc) is 1.55. The zero-order valence-electron chi connectivity index (χ0n) is 62.3. The predicted octanol–water partition coefficient (Wildman–Crippen LogP) is 30.5. The van der Waals surface area contributed by atoms with Crippen molar-refractivity contribution in [1.29, 1.82) is 0 Å². The average molecular weight is 1530 g/mol. The maximum absolute atomic E-state index is 6.73. The number of H-pyrrole nitrogens is 1. The van der Waals surface area contributed by atoms with Gasteiger partial charge >= 0.3 is 0 Å². The number of nitrogens with one attached hydrogen (secondary N) is 1. The van der Waals surface area contributed by atoms with Gasteiger partial charge in [0.15, 0.2) is 0 Å². The Labute approximate surface area is 670 Å². The SMILES string of the molecule is Brc1cccc(-c2ccccc2)c1.c1ccc(-c2cccc(-n3c4ccccc4c4cc(-c5ccc6[nH]c7ccc8c9ccccc9oc8c7c6c5)ccc43)c2)cc1.c1ccc(-c2cccc(-n3c4ccccc4c4cc(-c5ccc6c(c5)c5c7oc8ccccc8c7ccc5n6-c5cccc(-c6ccccc6)c5)ccc43)c2)cc1. The summed E-state index contributed by atoms with van der Waals surface area (Å²) >= 11 is 3.46. The third-order valence-corrected chi connectivity index (χ3v) is 23.4. The van der Waals surface area contributed by atoms with Crippen LogP contribution in [0.2, 0.25) is 0 Å². The van der Waals surface area contributed by atoms with Crippen LogP contribution in [-0.2, 0) is 0 Å². The summed E-state index contributed by atoms with van der Waals surface area (Å²) in [4.78, 5) is 3.62. The van der Waals surface area contributed by atoms with Crippen LogP contribution >= 0.6 is 15.9 Å². The Bertz CT molecular complexity index is 7920. The number of furan rings is 2. The molecule has 18 aromatic carbocycles. The summed E-state index contributed by atoms with van der Waals surface area (Å²) in [6.45, 7) is 0. The first-order valence-electron chi connectivity index (χ1n) is 39.0. The van der Waals surface area contributed by atoms with Gasteiger partial charge in [-0.15, -0.1) is 0 Å². The number of para-hydroxylation sites is 4. The lowest BCUT2D eigenvalue weighted by Gasteiger charge is -2.11. The van der Waals surface area contributed by atoms with E-state index in [2.05, 4.69) is 411 Å². The molecule has 0 spiro atoms. The van der Waals surface area contributed by atoms with Crippen LogP contribution in [0, 0.1) is 0 Å². The van der Waals surface area contributed by atoms with Gasteiger partial charge < -0.3 is 27.5 Å². The summed E-state index contributed by atoms with van der Waals surface area (Å²) < 4.78 is 21.5. The molecule has 0 radical (unpaired) electrons. The number of aromatic amines is 1. The summed E-state index contributed by atoms with van der Waals surface area (Å²) in [6, 6.07) is 147. The minimum atomic E-state index is 0.902. The van der Waals surface area contributed by atoms with Gasteiger partial charge in [-0.05, 0) is 212 Å². The minimum absolute atomic E-state index is 0.902. The Hall–Kier alpha value is -14.8. The lowest BCUT2D eigenvalue weighted by Crippen LogP contribution is -1.94. The largest absolute Gasteiger partial charge is 0.455 e. The Morgan fingerprint density at radius 3 is 0.983 bits per heavy atom. The summed E-state index contributed by atoms with van der Waals surface area (Å²) in [5.74, 6) is 0. The van der Waals surface area contributed by atoms with Crippen LogP contribution in [0.1, 0.15) is 0 Å². The van der Waals surface area contributed by atoms with Crippen molar-refractivity contribution in [3.63, 3.8) is 0 Å². The highest BCUT2D eigenvalue weighted by Gasteiger charge is 2.23. The van der Waals surface area contributed by atoms with E-state index in [1.807, 2.05) is 36.4 Å². The highest BCUT2D eigenvalue weighted by Crippen LogP contribution is 2.46. The van der Waals surface area contributed by atoms with E-state index in [0.717, 1.165) is 109 Å². The molecule has 0 fully saturated rings. The Morgan fingerprint density at radius 1 is 0.191 bits per heavy atom. The van der Waals surface area contributed by atoms with Gasteiger partial charge in [-0.2, -0.15) is 0 Å². The van der Waals surface area contributed by atoms with Crippen molar-refractivity contribution in [2.45, 2.75) is 0 Å². The second kappa shape index (κ2) is 27.9. The predicted molar refractivity (Wildman–Crippen MR) is 487 cm³/mol. The molecule has 6 nitrogen and oxygen atoms in total. The summed E-state index contributed by atoms with van der Waals surface area (Å²) in [6.07, 6.45) is 0. The highest BCUT2D eigenvalue weighted by atomic mass is 79.9. The van der Waals surface area contributed by atoms with E-state index in [4.69, 9.17) is 8.83 Å². The first kappa shape index (κ1) is 67.2. The Morgan fingerprint density at radius 2 is 0.513 bits per heavy atom. The molecule has 6 heterocycles. The Kier molecular flexibility index (Phi) is 16.3. The number of hydrogen-bond donors (Lipinski definition) is 1. The smallest absolute Gasteiger partial charge is 0.145 e. The van der Waals surface area contributed by atoms with Gasteiger partial charge in [-0.25, -0.2) is 0 Å². The van der Waals surface area contributed by atoms with E-state index in [1.165, 1.54) is 110 Å². The molecular weight excluding hydrogens is 1470 g/mol. The number of rotatable bonds is 9. The highest BCUT2D eigenvalue weighted by molar-refractivity contribution is 9.10. The summed E-state index contributed by atoms with van der Waals surface area (Å²) in [5, 5.41) is 14.1. The first-order valence-corrected chi connectivity index (χ1v) is 39.8. The molecule has 540 valence electrons. The molecule has 0 atom stereocenters. The van der Waals surface area contributed by atoms with Crippen molar-refractivity contribution < 1.29 is 8.83 Å². The third kappa shape index (κ3) is 11.7. The van der Waals surface area contributed by atoms with Gasteiger partial charge in [-0.3, -0.25) is 0 Å². The lowest BCUT2D eigenvalue weighted by atomic mass is 10.00. The maximum Gasteiger partial charge on any atom is 0.145 e. The van der Waals surface area contributed by atoms with Gasteiger partial charge in [0.25, 0.3) is 0 Å². The number of benzene rings is 18. The third-order valence-electron chi connectivity index (χ3n) is 23.0. The molecule has 0 amide bonds. The van der Waals surface area contributed by atoms with Crippen molar-refractivity contribution in [3.05, 3.63) is 417 Å². The van der Waals surface area contributed by atoms with Crippen LogP contribution in [0.5, 0.6) is 0 Å². The molecule has 1 N–H and O–H groups in total. The summed E-state index contributed by atoms with van der Waals surface area (Å²) in [5.41, 5.74) is 30.8. The van der Waals surface area contributed by atoms with E-state index in [-0.39, 0.29) is 0 Å².